The van der Waals surface area contributed by atoms with Crippen LogP contribution in [0.5, 0.6) is 0 Å². The zero-order valence-electron chi connectivity index (χ0n) is 14.1. The van der Waals surface area contributed by atoms with E-state index in [-0.39, 0.29) is 11.9 Å². The molecule has 2 aliphatic carbocycles. The van der Waals surface area contributed by atoms with Crippen LogP contribution < -0.4 is 5.32 Å². The lowest BCUT2D eigenvalue weighted by molar-refractivity contribution is -0.128. The summed E-state index contributed by atoms with van der Waals surface area (Å²) < 4.78 is 5.99. The first kappa shape index (κ1) is 16.3. The first-order valence-corrected chi connectivity index (χ1v) is 9.38. The van der Waals surface area contributed by atoms with Gasteiger partial charge in [0.15, 0.2) is 0 Å². The van der Waals surface area contributed by atoms with Crippen LogP contribution in [0.4, 0.5) is 0 Å². The molecule has 0 bridgehead atoms. The van der Waals surface area contributed by atoms with E-state index in [0.29, 0.717) is 12.1 Å². The van der Waals surface area contributed by atoms with Crippen LogP contribution in [0.25, 0.3) is 0 Å². The second kappa shape index (κ2) is 7.78. The SMILES string of the molecule is C[C@H](C(=O)NC1CCCCC1)N1CCC(OCC2CC2)CC1. The Balaban J connectivity index is 1.36. The zero-order chi connectivity index (χ0) is 15.4. The summed E-state index contributed by atoms with van der Waals surface area (Å²) in [6, 6.07) is 0.425. The van der Waals surface area contributed by atoms with Crippen molar-refractivity contribution in [2.45, 2.75) is 82.9 Å². The molecule has 1 heterocycles. The van der Waals surface area contributed by atoms with Crippen LogP contribution in [-0.4, -0.2) is 48.7 Å². The van der Waals surface area contributed by atoms with Gasteiger partial charge in [-0.2, -0.15) is 0 Å². The van der Waals surface area contributed by atoms with E-state index in [1.165, 1.54) is 32.1 Å². The number of piperidine rings is 1. The van der Waals surface area contributed by atoms with Crippen molar-refractivity contribution in [1.82, 2.24) is 10.2 Å². The molecule has 0 unspecified atom stereocenters. The Morgan fingerprint density at radius 3 is 2.41 bits per heavy atom. The molecule has 3 aliphatic rings. The maximum atomic E-state index is 12.4. The third-order valence-electron chi connectivity index (χ3n) is 5.62. The number of likely N-dealkylation sites (tertiary alicyclic amines) is 1. The van der Waals surface area contributed by atoms with Crippen molar-refractivity contribution in [3.63, 3.8) is 0 Å². The number of hydrogen-bond donors (Lipinski definition) is 1. The third-order valence-corrected chi connectivity index (χ3v) is 5.62. The topological polar surface area (TPSA) is 41.6 Å². The van der Waals surface area contributed by atoms with Gasteiger partial charge in [0.25, 0.3) is 0 Å². The van der Waals surface area contributed by atoms with Crippen LogP contribution in [0.15, 0.2) is 0 Å². The Morgan fingerprint density at radius 2 is 1.77 bits per heavy atom. The van der Waals surface area contributed by atoms with E-state index in [1.54, 1.807) is 0 Å². The minimum absolute atomic E-state index is 0.00584. The fourth-order valence-electron chi connectivity index (χ4n) is 3.72. The molecule has 2 saturated carbocycles. The van der Waals surface area contributed by atoms with Crippen molar-refractivity contribution in [1.29, 1.82) is 0 Å². The summed E-state index contributed by atoms with van der Waals surface area (Å²) in [5.41, 5.74) is 0. The molecule has 0 radical (unpaired) electrons. The lowest BCUT2D eigenvalue weighted by Crippen LogP contribution is -2.51. The van der Waals surface area contributed by atoms with Crippen molar-refractivity contribution >= 4 is 5.91 Å². The molecule has 1 N–H and O–H groups in total. The second-order valence-electron chi connectivity index (χ2n) is 7.53. The van der Waals surface area contributed by atoms with E-state index in [1.807, 2.05) is 0 Å². The van der Waals surface area contributed by atoms with Crippen LogP contribution >= 0.6 is 0 Å². The number of carbonyl (C=O) groups excluding carboxylic acids is 1. The fraction of sp³-hybridized carbons (Fsp3) is 0.944. The smallest absolute Gasteiger partial charge is 0.237 e. The van der Waals surface area contributed by atoms with Crippen molar-refractivity contribution < 1.29 is 9.53 Å². The summed E-state index contributed by atoms with van der Waals surface area (Å²) in [5.74, 6) is 1.07. The highest BCUT2D eigenvalue weighted by Crippen LogP contribution is 2.30. The Bertz CT molecular complexity index is 356. The van der Waals surface area contributed by atoms with Gasteiger partial charge in [-0.15, -0.1) is 0 Å². The lowest BCUT2D eigenvalue weighted by atomic mass is 9.95. The Labute approximate surface area is 135 Å². The molecule has 4 heteroatoms. The average molecular weight is 308 g/mol. The molecule has 3 fully saturated rings. The number of nitrogens with zero attached hydrogens (tertiary/aromatic N) is 1. The molecular formula is C18H32N2O2. The number of carbonyl (C=O) groups is 1. The van der Waals surface area contributed by atoms with Crippen molar-refractivity contribution in [2.75, 3.05) is 19.7 Å². The summed E-state index contributed by atoms with van der Waals surface area (Å²) in [6.07, 6.45) is 11.5. The van der Waals surface area contributed by atoms with Gasteiger partial charge in [-0.25, -0.2) is 0 Å². The van der Waals surface area contributed by atoms with Crippen molar-refractivity contribution in [3.05, 3.63) is 0 Å². The summed E-state index contributed by atoms with van der Waals surface area (Å²) in [4.78, 5) is 14.8. The highest BCUT2D eigenvalue weighted by atomic mass is 16.5. The summed E-state index contributed by atoms with van der Waals surface area (Å²) >= 11 is 0. The fourth-order valence-corrected chi connectivity index (χ4v) is 3.72. The van der Waals surface area contributed by atoms with Gasteiger partial charge in [0.1, 0.15) is 0 Å². The van der Waals surface area contributed by atoms with E-state index in [0.717, 1.165) is 51.3 Å². The maximum Gasteiger partial charge on any atom is 0.237 e. The molecule has 1 atom stereocenters. The average Bonchev–Trinajstić information content (AvgIpc) is 3.38. The molecule has 1 amide bonds. The van der Waals surface area contributed by atoms with Crippen LogP contribution in [-0.2, 0) is 9.53 Å². The number of rotatable bonds is 6. The van der Waals surface area contributed by atoms with Crippen molar-refractivity contribution in [3.8, 4) is 0 Å². The number of hydrogen-bond acceptors (Lipinski definition) is 3. The van der Waals surface area contributed by atoms with Crippen LogP contribution in [0, 0.1) is 5.92 Å². The highest BCUT2D eigenvalue weighted by molar-refractivity contribution is 5.81. The monoisotopic (exact) mass is 308 g/mol. The molecule has 0 aromatic heterocycles. The van der Waals surface area contributed by atoms with Crippen LogP contribution in [0.1, 0.15) is 64.7 Å². The van der Waals surface area contributed by atoms with E-state index in [9.17, 15) is 4.79 Å². The molecule has 3 rings (SSSR count). The van der Waals surface area contributed by atoms with Gasteiger partial charge in [0.2, 0.25) is 5.91 Å². The zero-order valence-corrected chi connectivity index (χ0v) is 14.1. The largest absolute Gasteiger partial charge is 0.378 e. The summed E-state index contributed by atoms with van der Waals surface area (Å²) in [6.45, 7) is 5.01. The summed E-state index contributed by atoms with van der Waals surface area (Å²) in [5, 5.41) is 3.26. The minimum Gasteiger partial charge on any atom is -0.378 e. The van der Waals surface area contributed by atoms with Gasteiger partial charge >= 0.3 is 0 Å². The quantitative estimate of drug-likeness (QED) is 0.820. The van der Waals surface area contributed by atoms with E-state index < -0.39 is 0 Å². The number of nitrogens with one attached hydrogen (secondary N) is 1. The Hall–Kier alpha value is -0.610. The maximum absolute atomic E-state index is 12.4. The molecule has 4 nitrogen and oxygen atoms in total. The van der Waals surface area contributed by atoms with E-state index in [4.69, 9.17) is 4.74 Å². The van der Waals surface area contributed by atoms with E-state index >= 15 is 0 Å². The van der Waals surface area contributed by atoms with E-state index in [2.05, 4.69) is 17.1 Å². The van der Waals surface area contributed by atoms with Gasteiger partial charge in [0, 0.05) is 25.7 Å². The van der Waals surface area contributed by atoms with Gasteiger partial charge < -0.3 is 10.1 Å². The third kappa shape index (κ3) is 4.69. The van der Waals surface area contributed by atoms with Crippen molar-refractivity contribution in [2.24, 2.45) is 5.92 Å². The van der Waals surface area contributed by atoms with Gasteiger partial charge in [0.05, 0.1) is 12.1 Å². The second-order valence-corrected chi connectivity index (χ2v) is 7.53. The minimum atomic E-state index is 0.00584. The standard InChI is InChI=1S/C18H32N2O2/c1-14(18(21)19-16-5-3-2-4-6-16)20-11-9-17(10-12-20)22-13-15-7-8-15/h14-17H,2-13H2,1H3,(H,19,21)/t14-/m1/s1. The lowest BCUT2D eigenvalue weighted by Gasteiger charge is -2.36. The van der Waals surface area contributed by atoms with Gasteiger partial charge in [-0.3, -0.25) is 9.69 Å². The first-order chi connectivity index (χ1) is 10.7. The summed E-state index contributed by atoms with van der Waals surface area (Å²) in [7, 11) is 0. The Morgan fingerprint density at radius 1 is 1.09 bits per heavy atom. The molecule has 1 aliphatic heterocycles. The molecule has 0 spiro atoms. The molecule has 0 aromatic carbocycles. The normalized spacial score (nSPS) is 26.8. The molecule has 0 aromatic rings. The molecule has 22 heavy (non-hydrogen) atoms. The van der Waals surface area contributed by atoms with Crippen LogP contribution in [0.2, 0.25) is 0 Å². The molecule has 1 saturated heterocycles. The molecule has 126 valence electrons. The first-order valence-electron chi connectivity index (χ1n) is 9.38. The predicted molar refractivity (Wildman–Crippen MR) is 87.7 cm³/mol. The highest BCUT2D eigenvalue weighted by Gasteiger charge is 2.29. The number of ether oxygens (including phenoxy) is 1. The van der Waals surface area contributed by atoms with Crippen LogP contribution in [0.3, 0.4) is 0 Å². The Kier molecular flexibility index (Phi) is 5.75. The van der Waals surface area contributed by atoms with Gasteiger partial charge in [-0.1, -0.05) is 19.3 Å². The molecular weight excluding hydrogens is 276 g/mol. The predicted octanol–water partition coefficient (Wildman–Crippen LogP) is 2.71. The van der Waals surface area contributed by atoms with Gasteiger partial charge in [-0.05, 0) is 51.4 Å². The number of amides is 1.